The Balaban J connectivity index is 2.79. The van der Waals surface area contributed by atoms with Crippen LogP contribution in [0.3, 0.4) is 0 Å². The molecule has 0 aliphatic heterocycles. The molecule has 7 heteroatoms. The molecular weight excluding hydrogens is 261 g/mol. The molecule has 0 aliphatic rings. The number of ether oxygens (including phenoxy) is 2. The third kappa shape index (κ3) is 1.84. The summed E-state index contributed by atoms with van der Waals surface area (Å²) in [5, 5.41) is 6.23. The molecule has 0 saturated heterocycles. The average Bonchev–Trinajstić information content (AvgIpc) is 2.78. The maximum absolute atomic E-state index is 13.7. The van der Waals surface area contributed by atoms with Crippen LogP contribution >= 0.6 is 11.6 Å². The van der Waals surface area contributed by atoms with Crippen molar-refractivity contribution in [3.05, 3.63) is 23.1 Å². The van der Waals surface area contributed by atoms with Gasteiger partial charge in [0.25, 0.3) is 0 Å². The van der Waals surface area contributed by atoms with Crippen molar-refractivity contribution in [1.29, 1.82) is 0 Å². The van der Waals surface area contributed by atoms with Crippen molar-refractivity contribution < 1.29 is 13.9 Å². The van der Waals surface area contributed by atoms with Gasteiger partial charge in [-0.15, -0.1) is 0 Å². The monoisotopic (exact) mass is 271 g/mol. The minimum Gasteiger partial charge on any atom is -0.493 e. The summed E-state index contributed by atoms with van der Waals surface area (Å²) in [6.07, 6.45) is 1.44. The standard InChI is InChI=1S/C11H11ClFN3O2/c1-17-7-3-6(13)9(12)8(10(7)18-2)5-4-15-16-11(5)14/h3-4H,1-2H3,(H3,14,15,16). The van der Waals surface area contributed by atoms with E-state index in [4.69, 9.17) is 26.8 Å². The number of H-pyrrole nitrogens is 1. The van der Waals surface area contributed by atoms with Crippen molar-refractivity contribution in [1.82, 2.24) is 10.2 Å². The Morgan fingerprint density at radius 3 is 2.61 bits per heavy atom. The molecule has 96 valence electrons. The molecule has 2 aromatic rings. The Bertz CT molecular complexity index is 586. The quantitative estimate of drug-likeness (QED) is 0.899. The van der Waals surface area contributed by atoms with Gasteiger partial charge in [0.15, 0.2) is 11.5 Å². The van der Waals surface area contributed by atoms with Crippen LogP contribution in [0.5, 0.6) is 11.5 Å². The van der Waals surface area contributed by atoms with Gasteiger partial charge in [-0.3, -0.25) is 5.10 Å². The van der Waals surface area contributed by atoms with Crippen LogP contribution in [-0.2, 0) is 0 Å². The van der Waals surface area contributed by atoms with E-state index in [0.717, 1.165) is 6.07 Å². The summed E-state index contributed by atoms with van der Waals surface area (Å²) in [6.45, 7) is 0. The van der Waals surface area contributed by atoms with E-state index >= 15 is 0 Å². The normalized spacial score (nSPS) is 10.4. The summed E-state index contributed by atoms with van der Waals surface area (Å²) in [7, 11) is 2.85. The first kappa shape index (κ1) is 12.5. The zero-order chi connectivity index (χ0) is 13.3. The van der Waals surface area contributed by atoms with Gasteiger partial charge < -0.3 is 15.2 Å². The Morgan fingerprint density at radius 2 is 2.11 bits per heavy atom. The molecule has 0 aliphatic carbocycles. The molecule has 0 amide bonds. The number of nitrogens with two attached hydrogens (primary N) is 1. The van der Waals surface area contributed by atoms with E-state index in [0.29, 0.717) is 16.9 Å². The number of rotatable bonds is 3. The molecule has 3 N–H and O–H groups in total. The minimum atomic E-state index is -0.620. The highest BCUT2D eigenvalue weighted by atomic mass is 35.5. The summed E-state index contributed by atoms with van der Waals surface area (Å²) in [5.41, 5.74) is 6.47. The maximum Gasteiger partial charge on any atom is 0.170 e. The predicted molar refractivity (Wildman–Crippen MR) is 66.5 cm³/mol. The number of nitrogen functional groups attached to an aromatic ring is 1. The highest BCUT2D eigenvalue weighted by Crippen LogP contribution is 2.45. The first-order valence-corrected chi connectivity index (χ1v) is 5.37. The van der Waals surface area contributed by atoms with E-state index in [-0.39, 0.29) is 16.6 Å². The van der Waals surface area contributed by atoms with Gasteiger partial charge >= 0.3 is 0 Å². The van der Waals surface area contributed by atoms with Crippen LogP contribution in [0.2, 0.25) is 5.02 Å². The van der Waals surface area contributed by atoms with Crippen LogP contribution in [0.1, 0.15) is 0 Å². The van der Waals surface area contributed by atoms with Crippen LogP contribution in [0.4, 0.5) is 10.2 Å². The molecule has 5 nitrogen and oxygen atoms in total. The van der Waals surface area contributed by atoms with Crippen LogP contribution in [0.25, 0.3) is 11.1 Å². The van der Waals surface area contributed by atoms with Crippen molar-refractivity contribution >= 4 is 17.4 Å². The summed E-state index contributed by atoms with van der Waals surface area (Å²) in [6, 6.07) is 1.15. The van der Waals surface area contributed by atoms with Crippen molar-refractivity contribution in [2.24, 2.45) is 0 Å². The summed E-state index contributed by atoms with van der Waals surface area (Å²) in [5.74, 6) is 0.180. The lowest BCUT2D eigenvalue weighted by Crippen LogP contribution is -1.97. The zero-order valence-electron chi connectivity index (χ0n) is 9.75. The second-order valence-electron chi connectivity index (χ2n) is 3.48. The molecule has 1 aromatic heterocycles. The third-order valence-electron chi connectivity index (χ3n) is 2.50. The molecule has 0 fully saturated rings. The number of benzene rings is 1. The molecule has 1 heterocycles. The smallest absolute Gasteiger partial charge is 0.170 e. The third-order valence-corrected chi connectivity index (χ3v) is 2.87. The molecule has 0 radical (unpaired) electrons. The van der Waals surface area contributed by atoms with E-state index < -0.39 is 5.82 Å². The number of methoxy groups -OCH3 is 2. The summed E-state index contributed by atoms with van der Waals surface area (Å²) < 4.78 is 24.0. The van der Waals surface area contributed by atoms with E-state index in [1.165, 1.54) is 20.4 Å². The van der Waals surface area contributed by atoms with Crippen LogP contribution in [-0.4, -0.2) is 24.4 Å². The molecule has 0 spiro atoms. The number of aromatic nitrogens is 2. The van der Waals surface area contributed by atoms with E-state index in [2.05, 4.69) is 10.2 Å². The molecule has 0 saturated carbocycles. The van der Waals surface area contributed by atoms with Gasteiger partial charge in [0, 0.05) is 11.6 Å². The molecule has 18 heavy (non-hydrogen) atoms. The van der Waals surface area contributed by atoms with Gasteiger partial charge in [-0.05, 0) is 0 Å². The Labute approximate surface area is 108 Å². The van der Waals surface area contributed by atoms with Gasteiger partial charge in [-0.25, -0.2) is 4.39 Å². The second-order valence-corrected chi connectivity index (χ2v) is 3.86. The second kappa shape index (κ2) is 4.73. The van der Waals surface area contributed by atoms with Crippen LogP contribution in [0.15, 0.2) is 12.3 Å². The molecule has 1 aromatic carbocycles. The van der Waals surface area contributed by atoms with E-state index in [1.807, 2.05) is 0 Å². The van der Waals surface area contributed by atoms with Crippen molar-refractivity contribution in [3.8, 4) is 22.6 Å². The molecular formula is C11H11ClFN3O2. The van der Waals surface area contributed by atoms with Gasteiger partial charge in [0.2, 0.25) is 0 Å². The Morgan fingerprint density at radius 1 is 1.39 bits per heavy atom. The minimum absolute atomic E-state index is 0.0965. The van der Waals surface area contributed by atoms with Gasteiger partial charge in [-0.2, -0.15) is 5.10 Å². The summed E-state index contributed by atoms with van der Waals surface area (Å²) in [4.78, 5) is 0. The number of halogens is 2. The number of nitrogens with one attached hydrogen (secondary N) is 1. The number of hydrogen-bond acceptors (Lipinski definition) is 4. The van der Waals surface area contributed by atoms with Crippen LogP contribution < -0.4 is 15.2 Å². The largest absolute Gasteiger partial charge is 0.493 e. The molecule has 0 unspecified atom stereocenters. The molecule has 0 atom stereocenters. The van der Waals surface area contributed by atoms with Gasteiger partial charge in [0.1, 0.15) is 11.6 Å². The first-order valence-electron chi connectivity index (χ1n) is 4.99. The Kier molecular flexibility index (Phi) is 3.29. The maximum atomic E-state index is 13.7. The van der Waals surface area contributed by atoms with Gasteiger partial charge in [0.05, 0.1) is 31.0 Å². The fraction of sp³-hybridized carbons (Fsp3) is 0.182. The molecule has 0 bridgehead atoms. The number of hydrogen-bond donors (Lipinski definition) is 2. The highest BCUT2D eigenvalue weighted by molar-refractivity contribution is 6.34. The van der Waals surface area contributed by atoms with Crippen molar-refractivity contribution in [3.63, 3.8) is 0 Å². The average molecular weight is 272 g/mol. The van der Waals surface area contributed by atoms with E-state index in [9.17, 15) is 4.39 Å². The van der Waals surface area contributed by atoms with Crippen molar-refractivity contribution in [2.75, 3.05) is 20.0 Å². The fourth-order valence-electron chi connectivity index (χ4n) is 1.68. The lowest BCUT2D eigenvalue weighted by molar-refractivity contribution is 0.353. The number of anilines is 1. The topological polar surface area (TPSA) is 73.2 Å². The SMILES string of the molecule is COc1cc(F)c(Cl)c(-c2cn[nH]c2N)c1OC. The fourth-order valence-corrected chi connectivity index (χ4v) is 1.92. The van der Waals surface area contributed by atoms with E-state index in [1.54, 1.807) is 0 Å². The summed E-state index contributed by atoms with van der Waals surface area (Å²) >= 11 is 5.96. The Hall–Kier alpha value is -1.95. The predicted octanol–water partition coefficient (Wildman–Crippen LogP) is 2.47. The first-order chi connectivity index (χ1) is 8.60. The zero-order valence-corrected chi connectivity index (χ0v) is 10.5. The van der Waals surface area contributed by atoms with Crippen LogP contribution in [0, 0.1) is 5.82 Å². The lowest BCUT2D eigenvalue weighted by atomic mass is 10.1. The lowest BCUT2D eigenvalue weighted by Gasteiger charge is -2.14. The number of nitrogens with zero attached hydrogens (tertiary/aromatic N) is 1. The van der Waals surface area contributed by atoms with Gasteiger partial charge in [-0.1, -0.05) is 11.6 Å². The highest BCUT2D eigenvalue weighted by Gasteiger charge is 2.22. The number of aromatic amines is 1. The van der Waals surface area contributed by atoms with Crippen molar-refractivity contribution in [2.45, 2.75) is 0 Å². The molecule has 2 rings (SSSR count).